The summed E-state index contributed by atoms with van der Waals surface area (Å²) in [7, 11) is 1.86. The second-order valence-corrected chi connectivity index (χ2v) is 8.43. The molecule has 35 heavy (non-hydrogen) atoms. The number of phenolic OH excluding ortho intramolecular Hbond substituents is 1. The number of hydrogen-bond acceptors (Lipinski definition) is 7. The van der Waals surface area contributed by atoms with E-state index in [2.05, 4.69) is 19.4 Å². The van der Waals surface area contributed by atoms with Crippen LogP contribution in [0.2, 0.25) is 0 Å². The third kappa shape index (κ3) is 6.80. The Morgan fingerprint density at radius 2 is 1.69 bits per heavy atom. The van der Waals surface area contributed by atoms with Crippen LogP contribution in [0.4, 0.5) is 24.7 Å². The summed E-state index contributed by atoms with van der Waals surface area (Å²) in [4.78, 5) is 11.6. The molecule has 3 aromatic carbocycles. The summed E-state index contributed by atoms with van der Waals surface area (Å²) in [6.45, 7) is 0.554. The Morgan fingerprint density at radius 1 is 0.971 bits per heavy atom. The summed E-state index contributed by atoms with van der Waals surface area (Å²) < 4.78 is 44.2. The molecule has 0 fully saturated rings. The van der Waals surface area contributed by atoms with Gasteiger partial charge in [-0.05, 0) is 60.0 Å². The van der Waals surface area contributed by atoms with Crippen LogP contribution in [0.1, 0.15) is 5.56 Å². The summed E-state index contributed by atoms with van der Waals surface area (Å²) in [6.07, 6.45) is -1.49. The molecule has 1 aromatic heterocycles. The molecule has 10 heteroatoms. The van der Waals surface area contributed by atoms with Gasteiger partial charge in [-0.2, -0.15) is 0 Å². The van der Waals surface area contributed by atoms with Gasteiger partial charge in [0.2, 0.25) is 0 Å². The molecule has 6 nitrogen and oxygen atoms in total. The lowest BCUT2D eigenvalue weighted by molar-refractivity contribution is -0.274. The molecule has 0 radical (unpaired) electrons. The van der Waals surface area contributed by atoms with Crippen LogP contribution in [0.25, 0.3) is 11.3 Å². The van der Waals surface area contributed by atoms with Crippen LogP contribution in [0.15, 0.2) is 90.1 Å². The van der Waals surface area contributed by atoms with Crippen molar-refractivity contribution in [1.29, 1.82) is 0 Å². The number of hydrogen-bond donors (Lipinski definition) is 2. The first-order chi connectivity index (χ1) is 16.8. The van der Waals surface area contributed by atoms with E-state index in [0.717, 1.165) is 21.7 Å². The van der Waals surface area contributed by atoms with Crippen molar-refractivity contribution < 1.29 is 23.0 Å². The van der Waals surface area contributed by atoms with Crippen LogP contribution in [-0.2, 0) is 6.54 Å². The number of nitrogens with one attached hydrogen (secondary N) is 1. The number of aromatic hydroxyl groups is 1. The van der Waals surface area contributed by atoms with E-state index in [1.165, 1.54) is 24.1 Å². The minimum absolute atomic E-state index is 0.183. The third-order valence-electron chi connectivity index (χ3n) is 4.94. The van der Waals surface area contributed by atoms with Gasteiger partial charge in [0.25, 0.3) is 0 Å². The van der Waals surface area contributed by atoms with E-state index >= 15 is 0 Å². The Labute approximate surface area is 204 Å². The van der Waals surface area contributed by atoms with Gasteiger partial charge < -0.3 is 19.5 Å². The van der Waals surface area contributed by atoms with Gasteiger partial charge in [-0.1, -0.05) is 30.3 Å². The highest BCUT2D eigenvalue weighted by atomic mass is 32.2. The van der Waals surface area contributed by atoms with Crippen molar-refractivity contribution in [1.82, 2.24) is 9.97 Å². The van der Waals surface area contributed by atoms with Gasteiger partial charge >= 0.3 is 6.36 Å². The topological polar surface area (TPSA) is 70.5 Å². The maximum atomic E-state index is 12.3. The number of alkyl halides is 3. The lowest BCUT2D eigenvalue weighted by Gasteiger charge is -2.20. The predicted molar refractivity (Wildman–Crippen MR) is 130 cm³/mol. The molecular formula is C25H21F3N4O2S. The van der Waals surface area contributed by atoms with Crippen molar-refractivity contribution in [2.75, 3.05) is 16.7 Å². The van der Waals surface area contributed by atoms with Crippen molar-refractivity contribution in [2.24, 2.45) is 0 Å². The van der Waals surface area contributed by atoms with E-state index < -0.39 is 6.36 Å². The minimum Gasteiger partial charge on any atom is -0.508 e. The molecule has 0 amide bonds. The predicted octanol–water partition coefficient (Wildman–Crippen LogP) is 6.50. The van der Waals surface area contributed by atoms with Crippen molar-refractivity contribution >= 4 is 23.5 Å². The molecule has 1 heterocycles. The monoisotopic (exact) mass is 498 g/mol. The smallest absolute Gasteiger partial charge is 0.508 e. The quantitative estimate of drug-likeness (QED) is 0.269. The molecule has 0 aliphatic carbocycles. The molecule has 0 spiro atoms. The highest BCUT2D eigenvalue weighted by Gasteiger charge is 2.31. The fraction of sp³-hybridized carbons (Fsp3) is 0.120. The van der Waals surface area contributed by atoms with Gasteiger partial charge in [0, 0.05) is 42.1 Å². The summed E-state index contributed by atoms with van der Waals surface area (Å²) in [5.74, 6) is 0.517. The first-order valence-corrected chi connectivity index (χ1v) is 11.3. The molecule has 180 valence electrons. The van der Waals surface area contributed by atoms with Crippen LogP contribution >= 0.6 is 11.9 Å². The van der Waals surface area contributed by atoms with Crippen LogP contribution in [-0.4, -0.2) is 28.5 Å². The van der Waals surface area contributed by atoms with Gasteiger partial charge in [-0.15, -0.1) is 13.2 Å². The Morgan fingerprint density at radius 3 is 2.37 bits per heavy atom. The molecule has 2 N–H and O–H groups in total. The number of rotatable bonds is 8. The lowest BCUT2D eigenvalue weighted by atomic mass is 10.1. The van der Waals surface area contributed by atoms with Gasteiger partial charge in [0.15, 0.2) is 5.82 Å². The van der Waals surface area contributed by atoms with Gasteiger partial charge in [0.05, 0.1) is 0 Å². The maximum Gasteiger partial charge on any atom is 0.573 e. The zero-order valence-electron chi connectivity index (χ0n) is 18.5. The fourth-order valence-electron chi connectivity index (χ4n) is 3.31. The lowest BCUT2D eigenvalue weighted by Crippen LogP contribution is -2.18. The number of anilines is 2. The van der Waals surface area contributed by atoms with Crippen LogP contribution < -0.4 is 14.4 Å². The van der Waals surface area contributed by atoms with Crippen molar-refractivity contribution in [2.45, 2.75) is 17.8 Å². The number of halogens is 3. The minimum atomic E-state index is -4.71. The fourth-order valence-corrected chi connectivity index (χ4v) is 4.00. The average molecular weight is 499 g/mol. The van der Waals surface area contributed by atoms with E-state index in [-0.39, 0.29) is 11.5 Å². The first kappa shape index (κ1) is 24.2. The SMILES string of the molecule is CN(Cc1ccc(-c2nccnc2NSc2cccc(O)c2)cc1)c1ccc(OC(F)(F)F)cc1. The Bertz CT molecular complexity index is 1270. The summed E-state index contributed by atoms with van der Waals surface area (Å²) >= 11 is 1.32. The van der Waals surface area contributed by atoms with Crippen molar-refractivity contribution in [3.63, 3.8) is 0 Å². The number of aromatic nitrogens is 2. The Hall–Kier alpha value is -3.92. The molecule has 0 unspecified atom stereocenters. The molecule has 0 aliphatic rings. The number of ether oxygens (including phenoxy) is 1. The second-order valence-electron chi connectivity index (χ2n) is 7.55. The molecule has 0 bridgehead atoms. The molecule has 0 atom stereocenters. The first-order valence-electron chi connectivity index (χ1n) is 10.5. The number of phenols is 1. The highest BCUT2D eigenvalue weighted by molar-refractivity contribution is 8.00. The average Bonchev–Trinajstić information content (AvgIpc) is 2.83. The zero-order chi connectivity index (χ0) is 24.8. The van der Waals surface area contributed by atoms with E-state index in [9.17, 15) is 18.3 Å². The molecular weight excluding hydrogens is 477 g/mol. The van der Waals surface area contributed by atoms with Gasteiger partial charge in [0.1, 0.15) is 17.2 Å². The van der Waals surface area contributed by atoms with Crippen molar-refractivity contribution in [3.05, 3.63) is 90.8 Å². The third-order valence-corrected chi connectivity index (χ3v) is 5.72. The number of benzene rings is 3. The van der Waals surface area contributed by atoms with Gasteiger partial charge in [-0.25, -0.2) is 4.98 Å². The molecule has 4 aromatic rings. The normalized spacial score (nSPS) is 11.2. The highest BCUT2D eigenvalue weighted by Crippen LogP contribution is 2.30. The van der Waals surface area contributed by atoms with Crippen LogP contribution in [0.5, 0.6) is 11.5 Å². The molecule has 0 saturated heterocycles. The van der Waals surface area contributed by atoms with Crippen LogP contribution in [0, 0.1) is 0 Å². The van der Waals surface area contributed by atoms with Gasteiger partial charge in [-0.3, -0.25) is 4.98 Å². The molecule has 4 rings (SSSR count). The standard InChI is InChI=1S/C25H21F3N4O2S/c1-32(19-9-11-21(12-10-19)34-25(26,27)28)16-17-5-7-18(8-6-17)23-24(30-14-13-29-23)31-35-22-4-2-3-20(33)15-22/h2-15,33H,16H2,1H3,(H,30,31). The zero-order valence-corrected chi connectivity index (χ0v) is 19.3. The maximum absolute atomic E-state index is 12.3. The summed E-state index contributed by atoms with van der Waals surface area (Å²) in [5.41, 5.74) is 3.32. The summed E-state index contributed by atoms with van der Waals surface area (Å²) in [5, 5.41) is 9.64. The van der Waals surface area contributed by atoms with Crippen LogP contribution in [0.3, 0.4) is 0 Å². The number of nitrogens with zero attached hydrogens (tertiary/aromatic N) is 3. The van der Waals surface area contributed by atoms with E-state index in [4.69, 9.17) is 0 Å². The molecule has 0 aliphatic heterocycles. The molecule has 0 saturated carbocycles. The van der Waals surface area contributed by atoms with E-state index in [1.807, 2.05) is 42.3 Å². The second kappa shape index (κ2) is 10.6. The van der Waals surface area contributed by atoms with E-state index in [1.54, 1.807) is 42.7 Å². The Balaban J connectivity index is 1.42. The van der Waals surface area contributed by atoms with Crippen molar-refractivity contribution in [3.8, 4) is 22.8 Å². The Kier molecular flexibility index (Phi) is 7.31. The summed E-state index contributed by atoms with van der Waals surface area (Å²) in [6, 6.07) is 20.4. The largest absolute Gasteiger partial charge is 0.573 e. The van der Waals surface area contributed by atoms with E-state index in [0.29, 0.717) is 18.1 Å².